The summed E-state index contributed by atoms with van der Waals surface area (Å²) in [5.41, 5.74) is 14.1. The van der Waals surface area contributed by atoms with Crippen molar-refractivity contribution in [2.45, 2.75) is 5.41 Å². The molecule has 0 atom stereocenters. The SMILES string of the molecule is O=c1c2ccccc2c2cc(-c3ccccc3)cc3c4cc5c(cc4n1c23)C1(c2ccccc2-c2ccccc21)c1ccccc1-5. The smallest absolute Gasteiger partial charge is 0.263 e. The highest BCUT2D eigenvalue weighted by atomic mass is 16.1. The van der Waals surface area contributed by atoms with Crippen molar-refractivity contribution in [3.8, 4) is 33.4 Å². The zero-order valence-electron chi connectivity index (χ0n) is 24.8. The molecule has 2 nitrogen and oxygen atoms in total. The van der Waals surface area contributed by atoms with Gasteiger partial charge in [-0.1, -0.05) is 121 Å². The van der Waals surface area contributed by atoms with Crippen molar-refractivity contribution in [2.24, 2.45) is 0 Å². The standard InChI is InChI=1S/C44H25NO/c46-43-32-18-5-4-14-28(32)35-22-27(26-12-2-1-3-13-26)23-36-34-24-33-31-17-8-11-21-39(31)44(40(33)25-41(34)45(43)42(35)36)37-19-9-6-15-29(37)30-16-7-10-20-38(30)44/h1-25H. The van der Waals surface area contributed by atoms with E-state index in [1.807, 2.05) is 22.6 Å². The van der Waals surface area contributed by atoms with Crippen LogP contribution >= 0.6 is 0 Å². The molecule has 0 unspecified atom stereocenters. The average molecular weight is 584 g/mol. The van der Waals surface area contributed by atoms with Gasteiger partial charge in [-0.15, -0.1) is 0 Å². The molecule has 2 heteroatoms. The lowest BCUT2D eigenvalue weighted by atomic mass is 9.70. The first-order valence-electron chi connectivity index (χ1n) is 15.9. The summed E-state index contributed by atoms with van der Waals surface area (Å²) in [7, 11) is 0. The van der Waals surface area contributed by atoms with Gasteiger partial charge < -0.3 is 0 Å². The fraction of sp³-hybridized carbons (Fsp3) is 0.0227. The average Bonchev–Trinajstić information content (AvgIpc) is 3.72. The van der Waals surface area contributed by atoms with Gasteiger partial charge in [-0.25, -0.2) is 0 Å². The van der Waals surface area contributed by atoms with Gasteiger partial charge in [0.25, 0.3) is 5.56 Å². The number of fused-ring (bicyclic) bond motifs is 15. The molecule has 0 radical (unpaired) electrons. The Morgan fingerprint density at radius 2 is 0.913 bits per heavy atom. The zero-order chi connectivity index (χ0) is 30.1. The van der Waals surface area contributed by atoms with E-state index in [9.17, 15) is 4.79 Å². The number of nitrogens with zero attached hydrogens (tertiary/aromatic N) is 1. The molecule has 2 heterocycles. The number of pyridine rings is 1. The second-order valence-corrected chi connectivity index (χ2v) is 12.8. The Hall–Kier alpha value is -5.99. The summed E-state index contributed by atoms with van der Waals surface area (Å²) < 4.78 is 2.00. The van der Waals surface area contributed by atoms with E-state index in [2.05, 4.69) is 133 Å². The topological polar surface area (TPSA) is 21.5 Å². The van der Waals surface area contributed by atoms with E-state index in [1.165, 1.54) is 50.1 Å². The molecule has 0 bridgehead atoms. The summed E-state index contributed by atoms with van der Waals surface area (Å²) in [4.78, 5) is 14.5. The summed E-state index contributed by atoms with van der Waals surface area (Å²) in [5.74, 6) is 0. The summed E-state index contributed by atoms with van der Waals surface area (Å²) in [6, 6.07) is 54.6. The van der Waals surface area contributed by atoms with Crippen LogP contribution < -0.4 is 5.56 Å². The number of hydrogen-bond acceptors (Lipinski definition) is 1. The molecule has 9 aromatic rings. The van der Waals surface area contributed by atoms with Gasteiger partial charge in [-0.2, -0.15) is 0 Å². The molecule has 0 saturated carbocycles. The maximum atomic E-state index is 14.5. The molecule has 212 valence electrons. The fourth-order valence-corrected chi connectivity index (χ4v) is 8.97. The third kappa shape index (κ3) is 2.73. The van der Waals surface area contributed by atoms with Crippen molar-refractivity contribution < 1.29 is 0 Å². The highest BCUT2D eigenvalue weighted by Crippen LogP contribution is 2.63. The lowest BCUT2D eigenvalue weighted by Gasteiger charge is -2.30. The van der Waals surface area contributed by atoms with Crippen molar-refractivity contribution in [1.29, 1.82) is 0 Å². The van der Waals surface area contributed by atoms with Gasteiger partial charge in [0.2, 0.25) is 0 Å². The third-order valence-electron chi connectivity index (χ3n) is 10.7. The van der Waals surface area contributed by atoms with Crippen molar-refractivity contribution in [1.82, 2.24) is 4.40 Å². The third-order valence-corrected chi connectivity index (χ3v) is 10.7. The van der Waals surface area contributed by atoms with Crippen molar-refractivity contribution in [3.63, 3.8) is 0 Å². The van der Waals surface area contributed by atoms with E-state index in [4.69, 9.17) is 0 Å². The van der Waals surface area contributed by atoms with Crippen LogP contribution in [0.1, 0.15) is 22.3 Å². The lowest BCUT2D eigenvalue weighted by Crippen LogP contribution is -2.26. The number of benzene rings is 7. The predicted octanol–water partition coefficient (Wildman–Crippen LogP) is 10.2. The van der Waals surface area contributed by atoms with E-state index in [-0.39, 0.29) is 5.56 Å². The second kappa shape index (κ2) is 8.38. The Labute approximate surface area is 264 Å². The number of hydrogen-bond donors (Lipinski definition) is 0. The van der Waals surface area contributed by atoms with E-state index in [0.717, 1.165) is 43.5 Å². The first kappa shape index (κ1) is 24.3. The van der Waals surface area contributed by atoms with Crippen LogP contribution in [0.5, 0.6) is 0 Å². The largest absolute Gasteiger partial charge is 0.275 e. The molecular weight excluding hydrogens is 558 g/mol. The second-order valence-electron chi connectivity index (χ2n) is 12.8. The molecule has 7 aromatic carbocycles. The van der Waals surface area contributed by atoms with E-state index in [1.54, 1.807) is 0 Å². The van der Waals surface area contributed by atoms with Gasteiger partial charge in [0.1, 0.15) is 0 Å². The van der Waals surface area contributed by atoms with Crippen LogP contribution in [-0.2, 0) is 5.41 Å². The van der Waals surface area contributed by atoms with Gasteiger partial charge in [0.15, 0.2) is 0 Å². The quantitative estimate of drug-likeness (QED) is 0.176. The first-order valence-corrected chi connectivity index (χ1v) is 15.9. The maximum Gasteiger partial charge on any atom is 0.263 e. The molecule has 46 heavy (non-hydrogen) atoms. The summed E-state index contributed by atoms with van der Waals surface area (Å²) in [6.45, 7) is 0. The highest BCUT2D eigenvalue weighted by Gasteiger charge is 2.51. The predicted molar refractivity (Wildman–Crippen MR) is 189 cm³/mol. The monoisotopic (exact) mass is 583 g/mol. The Bertz CT molecular complexity index is 2780. The molecule has 0 fully saturated rings. The van der Waals surface area contributed by atoms with Crippen LogP contribution in [0.4, 0.5) is 0 Å². The van der Waals surface area contributed by atoms with Crippen LogP contribution in [0.25, 0.3) is 71.3 Å². The fourth-order valence-electron chi connectivity index (χ4n) is 8.97. The van der Waals surface area contributed by atoms with Gasteiger partial charge in [-0.05, 0) is 91.4 Å². The van der Waals surface area contributed by atoms with Crippen LogP contribution in [0.3, 0.4) is 0 Å². The van der Waals surface area contributed by atoms with Crippen LogP contribution in [0.2, 0.25) is 0 Å². The van der Waals surface area contributed by atoms with Crippen LogP contribution in [-0.4, -0.2) is 4.40 Å². The minimum Gasteiger partial charge on any atom is -0.275 e. The Morgan fingerprint density at radius 3 is 1.57 bits per heavy atom. The minimum atomic E-state index is -0.461. The summed E-state index contributed by atoms with van der Waals surface area (Å²) >= 11 is 0. The van der Waals surface area contributed by atoms with Gasteiger partial charge in [0, 0.05) is 21.5 Å². The maximum absolute atomic E-state index is 14.5. The molecule has 0 saturated heterocycles. The normalized spacial score (nSPS) is 13.9. The molecule has 0 aliphatic heterocycles. The summed E-state index contributed by atoms with van der Waals surface area (Å²) in [5, 5.41) is 5.07. The summed E-state index contributed by atoms with van der Waals surface area (Å²) in [6.07, 6.45) is 0. The number of rotatable bonds is 1. The molecule has 2 aliphatic rings. The van der Waals surface area contributed by atoms with Crippen molar-refractivity contribution >= 4 is 38.0 Å². The molecule has 11 rings (SSSR count). The molecule has 1 spiro atoms. The lowest BCUT2D eigenvalue weighted by molar-refractivity contribution is 0.794. The Kier molecular flexibility index (Phi) is 4.43. The van der Waals surface area contributed by atoms with E-state index in [0.29, 0.717) is 0 Å². The van der Waals surface area contributed by atoms with Crippen molar-refractivity contribution in [2.75, 3.05) is 0 Å². The minimum absolute atomic E-state index is 0.0345. The van der Waals surface area contributed by atoms with E-state index < -0.39 is 5.41 Å². The Balaban J connectivity index is 1.37. The first-order chi connectivity index (χ1) is 22.7. The highest BCUT2D eigenvalue weighted by molar-refractivity contribution is 6.22. The number of aromatic nitrogens is 1. The Morgan fingerprint density at radius 1 is 0.391 bits per heavy atom. The van der Waals surface area contributed by atoms with Crippen LogP contribution in [0, 0.1) is 0 Å². The molecule has 2 aliphatic carbocycles. The zero-order valence-corrected chi connectivity index (χ0v) is 24.8. The molecule has 0 amide bonds. The van der Waals surface area contributed by atoms with Crippen molar-refractivity contribution in [3.05, 3.63) is 184 Å². The molecule has 0 N–H and O–H groups in total. The van der Waals surface area contributed by atoms with Crippen LogP contribution in [0.15, 0.2) is 156 Å². The van der Waals surface area contributed by atoms with E-state index >= 15 is 0 Å². The van der Waals surface area contributed by atoms with Gasteiger partial charge >= 0.3 is 0 Å². The van der Waals surface area contributed by atoms with Gasteiger partial charge in [0.05, 0.1) is 16.4 Å². The van der Waals surface area contributed by atoms with Gasteiger partial charge in [-0.3, -0.25) is 9.20 Å². The molecular formula is C44H25NO. The molecule has 2 aromatic heterocycles.